The lowest BCUT2D eigenvalue weighted by atomic mass is 9.96. The first-order valence-electron chi connectivity index (χ1n) is 8.18. The van der Waals surface area contributed by atoms with E-state index in [0.29, 0.717) is 13.2 Å². The molecule has 3 rings (SSSR count). The van der Waals surface area contributed by atoms with Crippen molar-refractivity contribution in [3.05, 3.63) is 71.8 Å². The van der Waals surface area contributed by atoms with E-state index in [4.69, 9.17) is 4.74 Å². The molecule has 3 nitrogen and oxygen atoms in total. The molecule has 0 spiro atoms. The van der Waals surface area contributed by atoms with E-state index in [9.17, 15) is 4.79 Å². The van der Waals surface area contributed by atoms with Crippen LogP contribution in [0.15, 0.2) is 60.7 Å². The van der Waals surface area contributed by atoms with Crippen molar-refractivity contribution in [3.63, 3.8) is 0 Å². The van der Waals surface area contributed by atoms with Gasteiger partial charge in [0, 0.05) is 12.0 Å². The van der Waals surface area contributed by atoms with Gasteiger partial charge in [-0.05, 0) is 30.9 Å². The third-order valence-electron chi connectivity index (χ3n) is 4.55. The molecule has 0 bridgehead atoms. The minimum atomic E-state index is -0.443. The molecular formula is C20H23NO2. The van der Waals surface area contributed by atoms with Crippen LogP contribution in [0, 0.1) is 0 Å². The van der Waals surface area contributed by atoms with Crippen molar-refractivity contribution in [1.82, 2.24) is 5.32 Å². The van der Waals surface area contributed by atoms with Crippen LogP contribution < -0.4 is 5.32 Å². The van der Waals surface area contributed by atoms with Gasteiger partial charge in [0.2, 0.25) is 5.91 Å². The van der Waals surface area contributed by atoms with Crippen LogP contribution in [0.4, 0.5) is 0 Å². The van der Waals surface area contributed by atoms with Crippen molar-refractivity contribution in [2.75, 3.05) is 6.54 Å². The zero-order valence-electron chi connectivity index (χ0n) is 13.5. The van der Waals surface area contributed by atoms with Gasteiger partial charge in [0.05, 0.1) is 6.61 Å². The van der Waals surface area contributed by atoms with Crippen molar-refractivity contribution in [2.24, 2.45) is 0 Å². The Labute approximate surface area is 137 Å². The second kappa shape index (κ2) is 6.97. The van der Waals surface area contributed by atoms with Crippen LogP contribution in [0.25, 0.3) is 0 Å². The average Bonchev–Trinajstić information content (AvgIpc) is 3.40. The van der Waals surface area contributed by atoms with Crippen molar-refractivity contribution in [2.45, 2.75) is 37.9 Å². The molecule has 0 aromatic heterocycles. The Hall–Kier alpha value is -2.13. The highest BCUT2D eigenvalue weighted by atomic mass is 16.5. The summed E-state index contributed by atoms with van der Waals surface area (Å²) < 4.78 is 5.67. The van der Waals surface area contributed by atoms with Crippen LogP contribution in [0.1, 0.15) is 30.9 Å². The molecule has 0 heterocycles. The molecule has 1 aliphatic carbocycles. The quantitative estimate of drug-likeness (QED) is 0.851. The highest BCUT2D eigenvalue weighted by Gasteiger charge is 2.44. The van der Waals surface area contributed by atoms with Gasteiger partial charge in [-0.2, -0.15) is 0 Å². The maximum atomic E-state index is 12.2. The summed E-state index contributed by atoms with van der Waals surface area (Å²) in [5.74, 6) is -0.0388. The normalized spacial score (nSPS) is 16.6. The Morgan fingerprint density at radius 2 is 1.70 bits per heavy atom. The molecule has 0 aliphatic heterocycles. The van der Waals surface area contributed by atoms with Gasteiger partial charge in [0.1, 0.15) is 6.10 Å². The minimum Gasteiger partial charge on any atom is -0.364 e. The largest absolute Gasteiger partial charge is 0.364 e. The second-order valence-electron chi connectivity index (χ2n) is 6.30. The van der Waals surface area contributed by atoms with Crippen LogP contribution >= 0.6 is 0 Å². The van der Waals surface area contributed by atoms with E-state index in [1.807, 2.05) is 36.4 Å². The van der Waals surface area contributed by atoms with Gasteiger partial charge in [-0.1, -0.05) is 60.7 Å². The Morgan fingerprint density at radius 1 is 1.09 bits per heavy atom. The molecule has 1 unspecified atom stereocenters. The molecule has 1 aliphatic rings. The summed E-state index contributed by atoms with van der Waals surface area (Å²) in [7, 11) is 0. The van der Waals surface area contributed by atoms with Crippen molar-refractivity contribution in [1.29, 1.82) is 0 Å². The number of amides is 1. The third-order valence-corrected chi connectivity index (χ3v) is 4.55. The van der Waals surface area contributed by atoms with E-state index in [2.05, 4.69) is 29.6 Å². The first-order valence-corrected chi connectivity index (χ1v) is 8.18. The Kier molecular flexibility index (Phi) is 4.77. The summed E-state index contributed by atoms with van der Waals surface area (Å²) in [6, 6.07) is 20.4. The van der Waals surface area contributed by atoms with Crippen molar-refractivity contribution < 1.29 is 9.53 Å². The molecule has 1 amide bonds. The fraction of sp³-hybridized carbons (Fsp3) is 0.350. The topological polar surface area (TPSA) is 38.3 Å². The summed E-state index contributed by atoms with van der Waals surface area (Å²) >= 11 is 0. The molecule has 23 heavy (non-hydrogen) atoms. The van der Waals surface area contributed by atoms with Crippen LogP contribution in [-0.2, 0) is 21.6 Å². The number of carbonyl (C=O) groups excluding carboxylic acids is 1. The van der Waals surface area contributed by atoms with Crippen LogP contribution in [0.3, 0.4) is 0 Å². The van der Waals surface area contributed by atoms with Crippen molar-refractivity contribution in [3.8, 4) is 0 Å². The van der Waals surface area contributed by atoms with Gasteiger partial charge in [-0.15, -0.1) is 0 Å². The fourth-order valence-corrected chi connectivity index (χ4v) is 2.78. The summed E-state index contributed by atoms with van der Waals surface area (Å²) in [5, 5.41) is 3.06. The average molecular weight is 309 g/mol. The predicted octanol–water partition coefficient (Wildman–Crippen LogP) is 3.44. The predicted molar refractivity (Wildman–Crippen MR) is 91.1 cm³/mol. The number of benzene rings is 2. The van der Waals surface area contributed by atoms with E-state index in [0.717, 1.165) is 18.4 Å². The molecule has 1 saturated carbocycles. The summed E-state index contributed by atoms with van der Waals surface area (Å²) in [5.41, 5.74) is 2.53. The summed E-state index contributed by atoms with van der Waals surface area (Å²) in [4.78, 5) is 12.2. The van der Waals surface area contributed by atoms with Crippen molar-refractivity contribution >= 4 is 5.91 Å². The smallest absolute Gasteiger partial charge is 0.248 e. The number of carbonyl (C=O) groups is 1. The number of hydrogen-bond donors (Lipinski definition) is 1. The molecular weight excluding hydrogens is 286 g/mol. The first-order chi connectivity index (χ1) is 11.2. The van der Waals surface area contributed by atoms with Gasteiger partial charge in [-0.3, -0.25) is 4.79 Å². The number of rotatable bonds is 7. The molecule has 0 radical (unpaired) electrons. The fourth-order valence-electron chi connectivity index (χ4n) is 2.78. The maximum Gasteiger partial charge on any atom is 0.248 e. The van der Waals surface area contributed by atoms with Crippen LogP contribution in [-0.4, -0.2) is 18.6 Å². The minimum absolute atomic E-state index is 0.0388. The summed E-state index contributed by atoms with van der Waals surface area (Å²) in [6.45, 7) is 2.95. The van der Waals surface area contributed by atoms with Gasteiger partial charge in [-0.25, -0.2) is 0 Å². The van der Waals surface area contributed by atoms with Gasteiger partial charge in [0.25, 0.3) is 0 Å². The Bertz CT molecular complexity index is 635. The van der Waals surface area contributed by atoms with Crippen LogP contribution in [0.5, 0.6) is 0 Å². The highest BCUT2D eigenvalue weighted by molar-refractivity contribution is 5.80. The van der Waals surface area contributed by atoms with Gasteiger partial charge in [0.15, 0.2) is 0 Å². The Morgan fingerprint density at radius 3 is 2.30 bits per heavy atom. The van der Waals surface area contributed by atoms with Gasteiger partial charge < -0.3 is 10.1 Å². The zero-order valence-corrected chi connectivity index (χ0v) is 13.5. The molecule has 2 aromatic rings. The van der Waals surface area contributed by atoms with E-state index in [1.165, 1.54) is 5.56 Å². The number of hydrogen-bond acceptors (Lipinski definition) is 2. The molecule has 1 fully saturated rings. The molecule has 0 saturated heterocycles. The van der Waals surface area contributed by atoms with Gasteiger partial charge >= 0.3 is 0 Å². The monoisotopic (exact) mass is 309 g/mol. The number of nitrogens with one attached hydrogen (secondary N) is 1. The molecule has 120 valence electrons. The lowest BCUT2D eigenvalue weighted by Gasteiger charge is -2.19. The standard InChI is InChI=1S/C20H23NO2/c1-16(23-14-17-8-4-2-5-9-17)19(22)21-15-20(12-13-20)18-10-6-3-7-11-18/h2-11,16H,12-15H2,1H3,(H,21,22). The number of ether oxygens (including phenoxy) is 1. The van der Waals surface area contributed by atoms with E-state index < -0.39 is 6.10 Å². The lowest BCUT2D eigenvalue weighted by molar-refractivity contribution is -0.132. The van der Waals surface area contributed by atoms with E-state index in [-0.39, 0.29) is 11.3 Å². The highest BCUT2D eigenvalue weighted by Crippen LogP contribution is 2.47. The molecule has 2 aromatic carbocycles. The SMILES string of the molecule is CC(OCc1ccccc1)C(=O)NCC1(c2ccccc2)CC1. The third kappa shape index (κ3) is 3.99. The Balaban J connectivity index is 1.48. The molecule has 3 heteroatoms. The summed E-state index contributed by atoms with van der Waals surface area (Å²) in [6.07, 6.45) is 1.83. The molecule has 1 atom stereocenters. The second-order valence-corrected chi connectivity index (χ2v) is 6.30. The van der Waals surface area contributed by atoms with Crippen LogP contribution in [0.2, 0.25) is 0 Å². The first kappa shape index (κ1) is 15.8. The lowest BCUT2D eigenvalue weighted by Crippen LogP contribution is -2.39. The van der Waals surface area contributed by atoms with E-state index >= 15 is 0 Å². The zero-order chi connectivity index (χ0) is 16.1. The molecule has 1 N–H and O–H groups in total. The van der Waals surface area contributed by atoms with E-state index in [1.54, 1.807) is 6.92 Å². The maximum absolute atomic E-state index is 12.2.